The first-order valence-electron chi connectivity index (χ1n) is 9.34. The summed E-state index contributed by atoms with van der Waals surface area (Å²) in [6.45, 7) is 5.97. The zero-order valence-electron chi connectivity index (χ0n) is 15.9. The van der Waals surface area contributed by atoms with Crippen molar-refractivity contribution in [3.8, 4) is 5.75 Å². The van der Waals surface area contributed by atoms with E-state index in [1.165, 1.54) is 0 Å². The van der Waals surface area contributed by atoms with Crippen LogP contribution in [0.5, 0.6) is 5.75 Å². The minimum atomic E-state index is -0.309. The maximum Gasteiger partial charge on any atom is 0.336 e. The smallest absolute Gasteiger partial charge is 0.336 e. The topological polar surface area (TPSA) is 42.7 Å². The Morgan fingerprint density at radius 2 is 1.96 bits per heavy atom. The molecule has 0 radical (unpaired) electrons. The van der Waals surface area contributed by atoms with E-state index >= 15 is 0 Å². The molecule has 0 aliphatic carbocycles. The molecule has 2 aromatic carbocycles. The summed E-state index contributed by atoms with van der Waals surface area (Å²) < 4.78 is 11.6. The molecule has 146 valence electrons. The molecule has 0 unspecified atom stereocenters. The highest BCUT2D eigenvalue weighted by atomic mass is 35.5. The van der Waals surface area contributed by atoms with Crippen LogP contribution in [0.25, 0.3) is 11.0 Å². The van der Waals surface area contributed by atoms with E-state index in [9.17, 15) is 4.79 Å². The Bertz CT molecular complexity index is 1110. The van der Waals surface area contributed by atoms with Gasteiger partial charge in [-0.2, -0.15) is 0 Å². The quantitative estimate of drug-likeness (QED) is 0.509. The molecule has 1 aromatic heterocycles. The van der Waals surface area contributed by atoms with Gasteiger partial charge in [0.25, 0.3) is 0 Å². The van der Waals surface area contributed by atoms with Crippen LogP contribution in [0.15, 0.2) is 39.5 Å². The maximum absolute atomic E-state index is 12.0. The molecule has 4 nitrogen and oxygen atoms in total. The van der Waals surface area contributed by atoms with Crippen molar-refractivity contribution in [3.63, 3.8) is 0 Å². The van der Waals surface area contributed by atoms with Gasteiger partial charge in [0, 0.05) is 35.7 Å². The molecule has 1 aliphatic heterocycles. The van der Waals surface area contributed by atoms with E-state index < -0.39 is 0 Å². The van der Waals surface area contributed by atoms with Crippen molar-refractivity contribution >= 4 is 34.2 Å². The second kappa shape index (κ2) is 7.78. The van der Waals surface area contributed by atoms with Gasteiger partial charge in [-0.25, -0.2) is 4.79 Å². The minimum Gasteiger partial charge on any atom is -0.477 e. The highest BCUT2D eigenvalue weighted by Gasteiger charge is 2.23. The molecule has 6 heteroatoms. The highest BCUT2D eigenvalue weighted by molar-refractivity contribution is 6.42. The Balaban J connectivity index is 1.69. The minimum absolute atomic E-state index is 0.309. The van der Waals surface area contributed by atoms with Crippen LogP contribution >= 0.6 is 23.2 Å². The van der Waals surface area contributed by atoms with Gasteiger partial charge in [0.05, 0.1) is 10.0 Å². The fourth-order valence-corrected chi connectivity index (χ4v) is 4.13. The number of rotatable bonds is 4. The number of nitrogens with zero attached hydrogens (tertiary/aromatic N) is 1. The standard InChI is InChI=1S/C22H21Cl2NO3/c1-3-4-15-9-20(26)28-22-13(2)21-16(8-17(15)22)11-25(12-27-21)10-14-5-6-18(23)19(24)7-14/h5-9H,3-4,10-12H2,1-2H3. The summed E-state index contributed by atoms with van der Waals surface area (Å²) >= 11 is 12.2. The molecule has 3 aromatic rings. The van der Waals surface area contributed by atoms with Crippen LogP contribution in [0.2, 0.25) is 10.0 Å². The molecular formula is C22H21Cl2NO3. The number of hydrogen-bond acceptors (Lipinski definition) is 4. The van der Waals surface area contributed by atoms with E-state index in [1.54, 1.807) is 6.07 Å². The molecule has 0 bridgehead atoms. The Morgan fingerprint density at radius 3 is 2.71 bits per heavy atom. The van der Waals surface area contributed by atoms with Gasteiger partial charge < -0.3 is 9.15 Å². The summed E-state index contributed by atoms with van der Waals surface area (Å²) in [5.41, 5.74) is 4.42. The summed E-state index contributed by atoms with van der Waals surface area (Å²) in [5.74, 6) is 0.815. The van der Waals surface area contributed by atoms with E-state index in [0.717, 1.165) is 52.8 Å². The van der Waals surface area contributed by atoms with Crippen molar-refractivity contribution in [2.45, 2.75) is 39.8 Å². The van der Waals surface area contributed by atoms with E-state index in [0.29, 0.717) is 28.9 Å². The van der Waals surface area contributed by atoms with Crippen LogP contribution in [0.4, 0.5) is 0 Å². The molecule has 4 rings (SSSR count). The number of ether oxygens (including phenoxy) is 1. The van der Waals surface area contributed by atoms with Crippen LogP contribution in [-0.4, -0.2) is 11.6 Å². The van der Waals surface area contributed by atoms with Gasteiger partial charge in [0.1, 0.15) is 18.1 Å². The van der Waals surface area contributed by atoms with E-state index in [-0.39, 0.29) is 5.63 Å². The second-order valence-corrected chi connectivity index (χ2v) is 8.03. The molecule has 0 spiro atoms. The predicted octanol–water partition coefficient (Wildman–Crippen LogP) is 5.71. The van der Waals surface area contributed by atoms with Gasteiger partial charge in [-0.05, 0) is 42.7 Å². The van der Waals surface area contributed by atoms with Gasteiger partial charge in [-0.1, -0.05) is 42.6 Å². The molecule has 0 atom stereocenters. The number of benzene rings is 2. The summed E-state index contributed by atoms with van der Waals surface area (Å²) in [7, 11) is 0. The third kappa shape index (κ3) is 3.64. The normalized spacial score (nSPS) is 14.1. The van der Waals surface area contributed by atoms with Gasteiger partial charge in [-0.15, -0.1) is 0 Å². The van der Waals surface area contributed by atoms with E-state index in [4.69, 9.17) is 32.4 Å². The average Bonchev–Trinajstić information content (AvgIpc) is 2.66. The lowest BCUT2D eigenvalue weighted by atomic mass is 9.98. The van der Waals surface area contributed by atoms with E-state index in [1.807, 2.05) is 25.1 Å². The van der Waals surface area contributed by atoms with Gasteiger partial charge in [0.15, 0.2) is 0 Å². The van der Waals surface area contributed by atoms with Crippen molar-refractivity contribution in [3.05, 3.63) is 73.1 Å². The van der Waals surface area contributed by atoms with Crippen molar-refractivity contribution in [1.82, 2.24) is 4.90 Å². The zero-order chi connectivity index (χ0) is 19.8. The van der Waals surface area contributed by atoms with Crippen LogP contribution in [0.1, 0.15) is 35.6 Å². The van der Waals surface area contributed by atoms with Crippen LogP contribution in [-0.2, 0) is 19.5 Å². The molecule has 0 fully saturated rings. The van der Waals surface area contributed by atoms with Crippen molar-refractivity contribution < 1.29 is 9.15 Å². The average molecular weight is 418 g/mol. The Hall–Kier alpha value is -2.01. The molecule has 0 saturated carbocycles. The number of aryl methyl sites for hydroxylation is 2. The van der Waals surface area contributed by atoms with Gasteiger partial charge >= 0.3 is 5.63 Å². The summed E-state index contributed by atoms with van der Waals surface area (Å²) in [6, 6.07) is 9.39. The number of hydrogen-bond donors (Lipinski definition) is 0. The highest BCUT2D eigenvalue weighted by Crippen LogP contribution is 2.36. The van der Waals surface area contributed by atoms with Crippen molar-refractivity contribution in [1.29, 1.82) is 0 Å². The molecule has 1 aliphatic rings. The summed E-state index contributed by atoms with van der Waals surface area (Å²) in [6.07, 6.45) is 1.81. The lowest BCUT2D eigenvalue weighted by molar-refractivity contribution is 0.0881. The van der Waals surface area contributed by atoms with Crippen LogP contribution in [0.3, 0.4) is 0 Å². The van der Waals surface area contributed by atoms with Gasteiger partial charge in [-0.3, -0.25) is 4.90 Å². The van der Waals surface area contributed by atoms with Crippen LogP contribution < -0.4 is 10.4 Å². The van der Waals surface area contributed by atoms with Crippen molar-refractivity contribution in [2.75, 3.05) is 6.73 Å². The maximum atomic E-state index is 12.0. The molecule has 2 heterocycles. The fourth-order valence-electron chi connectivity index (χ4n) is 3.81. The molecule has 0 amide bonds. The first-order chi connectivity index (χ1) is 13.5. The van der Waals surface area contributed by atoms with Gasteiger partial charge in [0.2, 0.25) is 0 Å². The predicted molar refractivity (Wildman–Crippen MR) is 112 cm³/mol. The first-order valence-corrected chi connectivity index (χ1v) is 10.1. The number of halogens is 2. The Kier molecular flexibility index (Phi) is 5.37. The lowest BCUT2D eigenvalue weighted by Crippen LogP contribution is -2.32. The Labute approximate surface area is 173 Å². The number of fused-ring (bicyclic) bond motifs is 2. The SMILES string of the molecule is CCCc1cc(=O)oc2c(C)c3c(cc12)CN(Cc1ccc(Cl)c(Cl)c1)CO3. The first kappa shape index (κ1) is 19.3. The van der Waals surface area contributed by atoms with E-state index in [2.05, 4.69) is 17.9 Å². The van der Waals surface area contributed by atoms with Crippen molar-refractivity contribution in [2.24, 2.45) is 0 Å². The fraction of sp³-hybridized carbons (Fsp3) is 0.318. The molecule has 0 saturated heterocycles. The summed E-state index contributed by atoms with van der Waals surface area (Å²) in [4.78, 5) is 14.2. The van der Waals surface area contributed by atoms with Crippen LogP contribution in [0, 0.1) is 6.92 Å². The Morgan fingerprint density at radius 1 is 1.14 bits per heavy atom. The molecule has 28 heavy (non-hydrogen) atoms. The largest absolute Gasteiger partial charge is 0.477 e. The summed E-state index contributed by atoms with van der Waals surface area (Å²) in [5, 5.41) is 2.11. The molecule has 0 N–H and O–H groups in total. The second-order valence-electron chi connectivity index (χ2n) is 7.22. The monoisotopic (exact) mass is 417 g/mol. The zero-order valence-corrected chi connectivity index (χ0v) is 17.4. The lowest BCUT2D eigenvalue weighted by Gasteiger charge is -2.30. The molecular weight excluding hydrogens is 397 g/mol. The third-order valence-electron chi connectivity index (χ3n) is 5.07. The third-order valence-corrected chi connectivity index (χ3v) is 5.81.